The first-order valence-corrected chi connectivity index (χ1v) is 9.39. The molecule has 2 fully saturated rings. The van der Waals surface area contributed by atoms with Gasteiger partial charge in [-0.3, -0.25) is 14.5 Å². The third kappa shape index (κ3) is 3.40. The molecule has 1 unspecified atom stereocenters. The summed E-state index contributed by atoms with van der Waals surface area (Å²) in [6.45, 7) is 6.27. The molecule has 1 atom stereocenters. The van der Waals surface area contributed by atoms with E-state index >= 15 is 0 Å². The Balaban J connectivity index is 1.38. The highest BCUT2D eigenvalue weighted by Gasteiger charge is 2.33. The van der Waals surface area contributed by atoms with Crippen molar-refractivity contribution in [2.75, 3.05) is 32.7 Å². The van der Waals surface area contributed by atoms with Crippen molar-refractivity contribution < 1.29 is 9.59 Å². The molecule has 1 N–H and O–H groups in total. The zero-order valence-electron chi connectivity index (χ0n) is 14.8. The van der Waals surface area contributed by atoms with Crippen molar-refractivity contribution in [2.45, 2.75) is 51.1 Å². The first kappa shape index (κ1) is 16.5. The van der Waals surface area contributed by atoms with Crippen molar-refractivity contribution >= 4 is 11.8 Å². The molecule has 4 rings (SSSR count). The number of carbonyl (C=O) groups is 2. The Kier molecular flexibility index (Phi) is 4.45. The number of amides is 2. The Hall–Kier alpha value is -1.96. The molecule has 1 saturated carbocycles. The lowest BCUT2D eigenvalue weighted by Gasteiger charge is -2.34. The minimum atomic E-state index is -0.342. The molecule has 8 heteroatoms. The van der Waals surface area contributed by atoms with Crippen molar-refractivity contribution in [2.24, 2.45) is 0 Å². The molecule has 25 heavy (non-hydrogen) atoms. The van der Waals surface area contributed by atoms with Gasteiger partial charge in [0.1, 0.15) is 5.82 Å². The van der Waals surface area contributed by atoms with Crippen LogP contribution in [0.15, 0.2) is 0 Å². The number of hydrogen-bond donors (Lipinski definition) is 1. The molecule has 0 bridgehead atoms. The van der Waals surface area contributed by atoms with E-state index in [2.05, 4.69) is 20.3 Å². The number of likely N-dealkylation sites (N-methyl/N-ethyl adjacent to an activating group) is 1. The molecule has 1 aromatic rings. The second-order valence-corrected chi connectivity index (χ2v) is 7.15. The minimum Gasteiger partial charge on any atom is -0.353 e. The molecule has 1 aromatic heterocycles. The fraction of sp³-hybridized carbons (Fsp3) is 0.765. The van der Waals surface area contributed by atoms with Gasteiger partial charge in [0.15, 0.2) is 5.82 Å². The van der Waals surface area contributed by atoms with Gasteiger partial charge in [0, 0.05) is 38.5 Å². The van der Waals surface area contributed by atoms with Crippen molar-refractivity contribution in [1.29, 1.82) is 0 Å². The lowest BCUT2D eigenvalue weighted by Crippen LogP contribution is -2.56. The molecule has 2 aliphatic heterocycles. The van der Waals surface area contributed by atoms with Crippen LogP contribution in [0.3, 0.4) is 0 Å². The fourth-order valence-corrected chi connectivity index (χ4v) is 3.74. The lowest BCUT2D eigenvalue weighted by molar-refractivity contribution is -0.138. The maximum atomic E-state index is 12.8. The average Bonchev–Trinajstić information content (AvgIpc) is 3.41. The van der Waals surface area contributed by atoms with Crippen molar-refractivity contribution in [3.63, 3.8) is 0 Å². The third-order valence-corrected chi connectivity index (χ3v) is 5.46. The van der Waals surface area contributed by atoms with Gasteiger partial charge in [-0.1, -0.05) is 6.92 Å². The van der Waals surface area contributed by atoms with Crippen LogP contribution in [0.4, 0.5) is 0 Å². The number of hydrogen-bond acceptors (Lipinski definition) is 5. The molecule has 0 aromatic carbocycles. The van der Waals surface area contributed by atoms with Gasteiger partial charge in [0.25, 0.3) is 0 Å². The van der Waals surface area contributed by atoms with E-state index in [1.807, 2.05) is 16.5 Å². The largest absolute Gasteiger partial charge is 0.353 e. The summed E-state index contributed by atoms with van der Waals surface area (Å²) in [7, 11) is 0. The average molecular weight is 346 g/mol. The van der Waals surface area contributed by atoms with E-state index < -0.39 is 0 Å². The Morgan fingerprint density at radius 1 is 1.24 bits per heavy atom. The van der Waals surface area contributed by atoms with Crippen LogP contribution in [0.1, 0.15) is 43.8 Å². The number of rotatable bonds is 4. The zero-order valence-corrected chi connectivity index (χ0v) is 14.8. The highest BCUT2D eigenvalue weighted by molar-refractivity contribution is 5.88. The molecular weight excluding hydrogens is 320 g/mol. The molecule has 0 radical (unpaired) electrons. The van der Waals surface area contributed by atoms with Crippen LogP contribution in [-0.4, -0.2) is 75.1 Å². The smallest absolute Gasteiger partial charge is 0.237 e. The summed E-state index contributed by atoms with van der Waals surface area (Å²) in [5.74, 6) is 2.55. The fourth-order valence-electron chi connectivity index (χ4n) is 3.74. The maximum absolute atomic E-state index is 12.8. The Morgan fingerprint density at radius 3 is 2.84 bits per heavy atom. The minimum absolute atomic E-state index is 0.0278. The number of carbonyl (C=O) groups excluding carboxylic acids is 2. The molecule has 136 valence electrons. The molecule has 2 amide bonds. The van der Waals surface area contributed by atoms with Crippen molar-refractivity contribution in [3.8, 4) is 0 Å². The summed E-state index contributed by atoms with van der Waals surface area (Å²) < 4.78 is 1.96. The van der Waals surface area contributed by atoms with Crippen LogP contribution in [-0.2, 0) is 22.6 Å². The van der Waals surface area contributed by atoms with E-state index in [0.29, 0.717) is 32.1 Å². The Labute approximate surface area is 147 Å². The van der Waals surface area contributed by atoms with Crippen molar-refractivity contribution in [3.05, 3.63) is 11.6 Å². The number of nitrogens with zero attached hydrogens (tertiary/aromatic N) is 5. The topological polar surface area (TPSA) is 83.4 Å². The summed E-state index contributed by atoms with van der Waals surface area (Å²) in [6.07, 6.45) is 3.39. The zero-order chi connectivity index (χ0) is 17.4. The SMILES string of the molecule is CCN1CCNC(=O)C1CC(=O)N1CCc2nc(C3CC3)nn2CC1. The Morgan fingerprint density at radius 2 is 2.08 bits per heavy atom. The maximum Gasteiger partial charge on any atom is 0.237 e. The van der Waals surface area contributed by atoms with E-state index in [4.69, 9.17) is 0 Å². The van der Waals surface area contributed by atoms with Crippen LogP contribution in [0.25, 0.3) is 0 Å². The Bertz CT molecular complexity index is 643. The number of piperazine rings is 1. The van der Waals surface area contributed by atoms with Gasteiger partial charge in [-0.2, -0.15) is 5.10 Å². The van der Waals surface area contributed by atoms with Gasteiger partial charge in [-0.05, 0) is 19.4 Å². The number of aromatic nitrogens is 3. The lowest BCUT2D eigenvalue weighted by atomic mass is 10.1. The van der Waals surface area contributed by atoms with Gasteiger partial charge >= 0.3 is 0 Å². The van der Waals surface area contributed by atoms with Gasteiger partial charge in [-0.15, -0.1) is 0 Å². The van der Waals surface area contributed by atoms with Crippen LogP contribution in [0.2, 0.25) is 0 Å². The monoisotopic (exact) mass is 346 g/mol. The van der Waals surface area contributed by atoms with Gasteiger partial charge in [0.2, 0.25) is 11.8 Å². The van der Waals surface area contributed by atoms with Gasteiger partial charge in [-0.25, -0.2) is 9.67 Å². The summed E-state index contributed by atoms with van der Waals surface area (Å²) in [5, 5.41) is 7.49. The third-order valence-electron chi connectivity index (χ3n) is 5.46. The summed E-state index contributed by atoms with van der Waals surface area (Å²) in [6, 6.07) is -0.342. The van der Waals surface area contributed by atoms with E-state index in [1.54, 1.807) is 0 Å². The second kappa shape index (κ2) is 6.74. The summed E-state index contributed by atoms with van der Waals surface area (Å²) in [5.41, 5.74) is 0. The van der Waals surface area contributed by atoms with Crippen LogP contribution >= 0.6 is 0 Å². The predicted molar refractivity (Wildman–Crippen MR) is 90.9 cm³/mol. The molecule has 1 aliphatic carbocycles. The first-order valence-electron chi connectivity index (χ1n) is 9.39. The van der Waals surface area contributed by atoms with Crippen LogP contribution in [0, 0.1) is 0 Å². The molecular formula is C17H26N6O2. The second-order valence-electron chi connectivity index (χ2n) is 7.15. The van der Waals surface area contributed by atoms with Crippen LogP contribution < -0.4 is 5.32 Å². The highest BCUT2D eigenvalue weighted by atomic mass is 16.2. The molecule has 8 nitrogen and oxygen atoms in total. The molecule has 3 heterocycles. The summed E-state index contributed by atoms with van der Waals surface area (Å²) in [4.78, 5) is 33.5. The van der Waals surface area contributed by atoms with E-state index in [0.717, 1.165) is 31.2 Å². The van der Waals surface area contributed by atoms with E-state index in [1.165, 1.54) is 12.8 Å². The summed E-state index contributed by atoms with van der Waals surface area (Å²) >= 11 is 0. The highest BCUT2D eigenvalue weighted by Crippen LogP contribution is 2.38. The quantitative estimate of drug-likeness (QED) is 0.813. The van der Waals surface area contributed by atoms with Crippen LogP contribution in [0.5, 0.6) is 0 Å². The number of fused-ring (bicyclic) bond motifs is 1. The van der Waals surface area contributed by atoms with E-state index in [-0.39, 0.29) is 24.3 Å². The standard InChI is InChI=1S/C17H26N6O2/c1-2-21-8-6-18-17(25)13(21)11-15(24)22-7-5-14-19-16(12-3-4-12)20-23(14)10-9-22/h12-13H,2-11H2,1H3,(H,18,25). The van der Waals surface area contributed by atoms with E-state index in [9.17, 15) is 9.59 Å². The normalized spacial score (nSPS) is 24.6. The van der Waals surface area contributed by atoms with Crippen molar-refractivity contribution in [1.82, 2.24) is 29.9 Å². The first-order chi connectivity index (χ1) is 12.2. The molecule has 0 spiro atoms. The van der Waals surface area contributed by atoms with Gasteiger partial charge in [0.05, 0.1) is 19.0 Å². The number of nitrogens with one attached hydrogen (secondary N) is 1. The predicted octanol–water partition coefficient (Wildman–Crippen LogP) is -0.249. The van der Waals surface area contributed by atoms with Gasteiger partial charge < -0.3 is 10.2 Å². The molecule has 1 saturated heterocycles. The molecule has 3 aliphatic rings.